The predicted molar refractivity (Wildman–Crippen MR) is 95.4 cm³/mol. The average molecular weight is 361 g/mol. The molecule has 0 bridgehead atoms. The Morgan fingerprint density at radius 1 is 1.09 bits per heavy atom. The number of nitrogens with one attached hydrogen (secondary N) is 2. The molecule has 2 rings (SSSR count). The van der Waals surface area contributed by atoms with Crippen molar-refractivity contribution < 1.29 is 4.79 Å². The Morgan fingerprint density at radius 2 is 1.77 bits per heavy atom. The first-order valence-corrected chi connectivity index (χ1v) is 8.24. The highest BCUT2D eigenvalue weighted by atomic mass is 79.9. The summed E-state index contributed by atoms with van der Waals surface area (Å²) in [5, 5.41) is 5.72. The van der Waals surface area contributed by atoms with Crippen LogP contribution in [0, 0.1) is 0 Å². The molecule has 0 aromatic heterocycles. The SMILES string of the molecule is CC(C)c1ccc(NC(=O)NCCc2ccccc2Br)cc1. The average Bonchev–Trinajstić information content (AvgIpc) is 2.50. The van der Waals surface area contributed by atoms with E-state index >= 15 is 0 Å². The van der Waals surface area contributed by atoms with E-state index in [9.17, 15) is 4.79 Å². The van der Waals surface area contributed by atoms with E-state index in [1.54, 1.807) is 0 Å². The Kier molecular flexibility index (Phi) is 6.01. The van der Waals surface area contributed by atoms with E-state index in [1.807, 2.05) is 48.5 Å². The summed E-state index contributed by atoms with van der Waals surface area (Å²) in [5.74, 6) is 0.493. The molecule has 0 saturated carbocycles. The van der Waals surface area contributed by atoms with Gasteiger partial charge in [-0.15, -0.1) is 0 Å². The molecule has 2 aromatic carbocycles. The second-order valence-electron chi connectivity index (χ2n) is 5.50. The van der Waals surface area contributed by atoms with Gasteiger partial charge < -0.3 is 10.6 Å². The molecule has 0 heterocycles. The zero-order valence-corrected chi connectivity index (χ0v) is 14.5. The van der Waals surface area contributed by atoms with E-state index < -0.39 is 0 Å². The summed E-state index contributed by atoms with van der Waals surface area (Å²) in [6.45, 7) is 4.90. The van der Waals surface area contributed by atoms with E-state index in [2.05, 4.69) is 40.4 Å². The smallest absolute Gasteiger partial charge is 0.319 e. The lowest BCUT2D eigenvalue weighted by molar-refractivity contribution is 0.252. The second kappa shape index (κ2) is 7.99. The largest absolute Gasteiger partial charge is 0.338 e. The molecule has 22 heavy (non-hydrogen) atoms. The molecule has 0 atom stereocenters. The predicted octanol–water partition coefficient (Wildman–Crippen LogP) is 4.94. The summed E-state index contributed by atoms with van der Waals surface area (Å²) in [7, 11) is 0. The number of urea groups is 1. The third-order valence-corrected chi connectivity index (χ3v) is 4.25. The molecule has 4 heteroatoms. The molecule has 0 aliphatic rings. The van der Waals surface area contributed by atoms with E-state index in [0.717, 1.165) is 16.6 Å². The van der Waals surface area contributed by atoms with Crippen LogP contribution in [0.2, 0.25) is 0 Å². The number of carbonyl (C=O) groups is 1. The van der Waals surface area contributed by atoms with E-state index in [0.29, 0.717) is 12.5 Å². The molecule has 0 saturated heterocycles. The zero-order chi connectivity index (χ0) is 15.9. The van der Waals surface area contributed by atoms with Crippen LogP contribution in [0.4, 0.5) is 10.5 Å². The maximum atomic E-state index is 11.9. The van der Waals surface area contributed by atoms with Gasteiger partial charge in [0.2, 0.25) is 0 Å². The third-order valence-electron chi connectivity index (χ3n) is 3.47. The number of halogens is 1. The van der Waals surface area contributed by atoms with Crippen LogP contribution in [-0.2, 0) is 6.42 Å². The van der Waals surface area contributed by atoms with Crippen molar-refractivity contribution in [3.63, 3.8) is 0 Å². The second-order valence-corrected chi connectivity index (χ2v) is 6.35. The summed E-state index contributed by atoms with van der Waals surface area (Å²) in [6.07, 6.45) is 0.793. The molecule has 2 N–H and O–H groups in total. The monoisotopic (exact) mass is 360 g/mol. The Morgan fingerprint density at radius 3 is 2.41 bits per heavy atom. The van der Waals surface area contributed by atoms with Crippen LogP contribution in [0.1, 0.15) is 30.9 Å². The van der Waals surface area contributed by atoms with Crippen molar-refractivity contribution in [1.82, 2.24) is 5.32 Å². The maximum absolute atomic E-state index is 11.9. The number of hydrogen-bond acceptors (Lipinski definition) is 1. The van der Waals surface area contributed by atoms with Crippen molar-refractivity contribution in [3.8, 4) is 0 Å². The fraction of sp³-hybridized carbons (Fsp3) is 0.278. The van der Waals surface area contributed by atoms with Crippen molar-refractivity contribution >= 4 is 27.6 Å². The van der Waals surface area contributed by atoms with Crippen LogP contribution >= 0.6 is 15.9 Å². The fourth-order valence-corrected chi connectivity index (χ4v) is 2.62. The quantitative estimate of drug-likeness (QED) is 0.778. The van der Waals surface area contributed by atoms with Gasteiger partial charge in [0.25, 0.3) is 0 Å². The Hall–Kier alpha value is -1.81. The molecule has 0 spiro atoms. The Bertz CT molecular complexity index is 623. The summed E-state index contributed by atoms with van der Waals surface area (Å²) in [6, 6.07) is 15.8. The van der Waals surface area contributed by atoms with Crippen molar-refractivity contribution in [2.45, 2.75) is 26.2 Å². The molecule has 0 unspecified atom stereocenters. The van der Waals surface area contributed by atoms with Crippen LogP contribution in [0.15, 0.2) is 53.0 Å². The minimum absolute atomic E-state index is 0.177. The highest BCUT2D eigenvalue weighted by molar-refractivity contribution is 9.10. The third kappa shape index (κ3) is 4.88. The zero-order valence-electron chi connectivity index (χ0n) is 12.9. The lowest BCUT2D eigenvalue weighted by atomic mass is 10.0. The highest BCUT2D eigenvalue weighted by Gasteiger charge is 2.04. The normalized spacial score (nSPS) is 10.5. The molecule has 0 fully saturated rings. The summed E-state index contributed by atoms with van der Waals surface area (Å²) in [5.41, 5.74) is 3.26. The van der Waals surface area contributed by atoms with Gasteiger partial charge in [-0.3, -0.25) is 0 Å². The van der Waals surface area contributed by atoms with Crippen LogP contribution in [0.5, 0.6) is 0 Å². The van der Waals surface area contributed by atoms with Gasteiger partial charge in [0.1, 0.15) is 0 Å². The van der Waals surface area contributed by atoms with Gasteiger partial charge in [-0.25, -0.2) is 4.79 Å². The number of carbonyl (C=O) groups excluding carboxylic acids is 1. The fourth-order valence-electron chi connectivity index (χ4n) is 2.14. The minimum atomic E-state index is -0.177. The van der Waals surface area contributed by atoms with Crippen LogP contribution in [-0.4, -0.2) is 12.6 Å². The van der Waals surface area contributed by atoms with Crippen molar-refractivity contribution in [3.05, 3.63) is 64.1 Å². The number of rotatable bonds is 5. The first-order chi connectivity index (χ1) is 10.6. The van der Waals surface area contributed by atoms with E-state index in [-0.39, 0.29) is 6.03 Å². The Labute approximate surface area is 140 Å². The lowest BCUT2D eigenvalue weighted by Gasteiger charge is -2.10. The van der Waals surface area contributed by atoms with Gasteiger partial charge in [0, 0.05) is 16.7 Å². The number of amides is 2. The first kappa shape index (κ1) is 16.6. The van der Waals surface area contributed by atoms with Gasteiger partial charge in [-0.1, -0.05) is 60.1 Å². The summed E-state index contributed by atoms with van der Waals surface area (Å²) >= 11 is 3.51. The topological polar surface area (TPSA) is 41.1 Å². The molecule has 116 valence electrons. The molecule has 0 radical (unpaired) electrons. The summed E-state index contributed by atoms with van der Waals surface area (Å²) < 4.78 is 1.07. The van der Waals surface area contributed by atoms with Crippen LogP contribution in [0.3, 0.4) is 0 Å². The van der Waals surface area contributed by atoms with Crippen LogP contribution < -0.4 is 10.6 Å². The van der Waals surface area contributed by atoms with Gasteiger partial charge in [0.15, 0.2) is 0 Å². The first-order valence-electron chi connectivity index (χ1n) is 7.44. The summed E-state index contributed by atoms with van der Waals surface area (Å²) in [4.78, 5) is 11.9. The van der Waals surface area contributed by atoms with E-state index in [1.165, 1.54) is 11.1 Å². The number of anilines is 1. The molecule has 3 nitrogen and oxygen atoms in total. The lowest BCUT2D eigenvalue weighted by Crippen LogP contribution is -2.30. The van der Waals surface area contributed by atoms with Gasteiger partial charge in [0.05, 0.1) is 0 Å². The van der Waals surface area contributed by atoms with Gasteiger partial charge in [-0.2, -0.15) is 0 Å². The minimum Gasteiger partial charge on any atom is -0.338 e. The van der Waals surface area contributed by atoms with Crippen molar-refractivity contribution in [2.75, 3.05) is 11.9 Å². The maximum Gasteiger partial charge on any atom is 0.319 e. The van der Waals surface area contributed by atoms with Crippen LogP contribution in [0.25, 0.3) is 0 Å². The van der Waals surface area contributed by atoms with Gasteiger partial charge in [-0.05, 0) is 41.7 Å². The highest BCUT2D eigenvalue weighted by Crippen LogP contribution is 2.17. The van der Waals surface area contributed by atoms with E-state index in [4.69, 9.17) is 0 Å². The molecule has 2 amide bonds. The molecule has 2 aromatic rings. The van der Waals surface area contributed by atoms with Crippen molar-refractivity contribution in [2.24, 2.45) is 0 Å². The Balaban J connectivity index is 1.79. The van der Waals surface area contributed by atoms with Crippen molar-refractivity contribution in [1.29, 1.82) is 0 Å². The van der Waals surface area contributed by atoms with Gasteiger partial charge >= 0.3 is 6.03 Å². The molecular weight excluding hydrogens is 340 g/mol. The molecular formula is C18H21BrN2O. The molecule has 0 aliphatic heterocycles. The standard InChI is InChI=1S/C18H21BrN2O/c1-13(2)14-7-9-16(10-8-14)21-18(22)20-12-11-15-5-3-4-6-17(15)19/h3-10,13H,11-12H2,1-2H3,(H2,20,21,22). The number of hydrogen-bond donors (Lipinski definition) is 2. The number of benzene rings is 2. The molecule has 0 aliphatic carbocycles.